The molecule has 6 nitrogen and oxygen atoms in total. The Hall–Kier alpha value is -2.21. The minimum Gasteiger partial charge on any atom is -0.481 e. The molecule has 0 unspecified atom stereocenters. The van der Waals surface area contributed by atoms with Crippen molar-refractivity contribution < 1.29 is 15.0 Å². The second kappa shape index (κ2) is 5.95. The Morgan fingerprint density at radius 1 is 1.28 bits per heavy atom. The number of hydrogen-bond donors (Lipinski definition) is 2. The number of carbonyl (C=O) groups is 1. The standard InChI is InChI=1S/C19H23N3O3/c1-12-20-15-5-3-2-4-14(15)17(21-12)22-9-8-16(23)19(11-22,18(24)25)10-13-6-7-13/h2-5,13,16,23H,6-11H2,1H3,(H,24,25)/t16-,19-/m0/s1. The van der Waals surface area contributed by atoms with E-state index in [9.17, 15) is 15.0 Å². The summed E-state index contributed by atoms with van der Waals surface area (Å²) in [5, 5.41) is 21.4. The van der Waals surface area contributed by atoms with Gasteiger partial charge in [0.25, 0.3) is 0 Å². The van der Waals surface area contributed by atoms with Gasteiger partial charge in [-0.1, -0.05) is 25.0 Å². The molecule has 1 aliphatic heterocycles. The maximum atomic E-state index is 12.1. The van der Waals surface area contributed by atoms with E-state index in [2.05, 4.69) is 9.97 Å². The van der Waals surface area contributed by atoms with Crippen LogP contribution in [0.15, 0.2) is 24.3 Å². The van der Waals surface area contributed by atoms with Gasteiger partial charge in [0.2, 0.25) is 0 Å². The Morgan fingerprint density at radius 2 is 2.04 bits per heavy atom. The van der Waals surface area contributed by atoms with Crippen molar-refractivity contribution in [2.45, 2.75) is 38.7 Å². The van der Waals surface area contributed by atoms with Gasteiger partial charge >= 0.3 is 5.97 Å². The maximum absolute atomic E-state index is 12.1. The van der Waals surface area contributed by atoms with Crippen LogP contribution in [-0.2, 0) is 4.79 Å². The SMILES string of the molecule is Cc1nc(N2CC[C@H](O)[C@@](CC3CC3)(C(=O)O)C2)c2ccccc2n1. The molecule has 1 aromatic heterocycles. The molecule has 6 heteroatoms. The van der Waals surface area contributed by atoms with Crippen LogP contribution in [0.1, 0.15) is 31.5 Å². The fraction of sp³-hybridized carbons (Fsp3) is 0.526. The number of aliphatic hydroxyl groups is 1. The highest BCUT2D eigenvalue weighted by molar-refractivity contribution is 5.90. The van der Waals surface area contributed by atoms with Crippen LogP contribution in [0.4, 0.5) is 5.82 Å². The largest absolute Gasteiger partial charge is 0.481 e. The molecular weight excluding hydrogens is 318 g/mol. The highest BCUT2D eigenvalue weighted by Gasteiger charge is 2.52. The fourth-order valence-corrected chi connectivity index (χ4v) is 4.01. The van der Waals surface area contributed by atoms with Crippen molar-refractivity contribution in [2.24, 2.45) is 11.3 Å². The third-order valence-electron chi connectivity index (χ3n) is 5.55. The van der Waals surface area contributed by atoms with Gasteiger partial charge in [-0.2, -0.15) is 0 Å². The molecule has 25 heavy (non-hydrogen) atoms. The predicted octanol–water partition coefficient (Wildman–Crippen LogP) is 2.38. The lowest BCUT2D eigenvalue weighted by molar-refractivity contribution is -0.158. The Morgan fingerprint density at radius 3 is 2.76 bits per heavy atom. The number of aryl methyl sites for hydroxylation is 1. The van der Waals surface area contributed by atoms with Gasteiger partial charge < -0.3 is 15.1 Å². The summed E-state index contributed by atoms with van der Waals surface area (Å²) in [7, 11) is 0. The Balaban J connectivity index is 1.75. The first-order chi connectivity index (χ1) is 12.0. The molecule has 1 saturated carbocycles. The minimum atomic E-state index is -1.11. The monoisotopic (exact) mass is 341 g/mol. The average Bonchev–Trinajstić information content (AvgIpc) is 3.40. The summed E-state index contributed by atoms with van der Waals surface area (Å²) in [4.78, 5) is 23.2. The zero-order valence-electron chi connectivity index (χ0n) is 14.4. The smallest absolute Gasteiger partial charge is 0.314 e. The number of carboxylic acids is 1. The lowest BCUT2D eigenvalue weighted by Gasteiger charge is -2.44. The summed E-state index contributed by atoms with van der Waals surface area (Å²) < 4.78 is 0. The summed E-state index contributed by atoms with van der Waals surface area (Å²) in [5.41, 5.74) is -0.251. The highest BCUT2D eigenvalue weighted by atomic mass is 16.4. The van der Waals surface area contributed by atoms with Gasteiger partial charge in [-0.15, -0.1) is 0 Å². The number of piperidine rings is 1. The van der Waals surface area contributed by atoms with Crippen LogP contribution in [0.2, 0.25) is 0 Å². The molecule has 0 bridgehead atoms. The molecule has 0 amide bonds. The van der Waals surface area contributed by atoms with Gasteiger partial charge in [0, 0.05) is 18.5 Å². The lowest BCUT2D eigenvalue weighted by Crippen LogP contribution is -2.56. The van der Waals surface area contributed by atoms with Crippen LogP contribution in [0.3, 0.4) is 0 Å². The van der Waals surface area contributed by atoms with Crippen molar-refractivity contribution in [1.82, 2.24) is 9.97 Å². The minimum absolute atomic E-state index is 0.292. The number of fused-ring (bicyclic) bond motifs is 1. The van der Waals surface area contributed by atoms with Crippen LogP contribution in [0.25, 0.3) is 10.9 Å². The molecule has 1 aliphatic carbocycles. The second-order valence-corrected chi connectivity index (χ2v) is 7.45. The van der Waals surface area contributed by atoms with Crippen molar-refractivity contribution in [2.75, 3.05) is 18.0 Å². The van der Waals surface area contributed by atoms with Crippen molar-refractivity contribution in [3.8, 4) is 0 Å². The summed E-state index contributed by atoms with van der Waals surface area (Å²) in [6.45, 7) is 2.74. The summed E-state index contributed by atoms with van der Waals surface area (Å²) in [5.74, 6) is 0.973. The van der Waals surface area contributed by atoms with Gasteiger partial charge in [0.15, 0.2) is 0 Å². The number of benzene rings is 1. The zero-order valence-corrected chi connectivity index (χ0v) is 14.4. The quantitative estimate of drug-likeness (QED) is 0.888. The van der Waals surface area contributed by atoms with E-state index in [1.165, 1.54) is 0 Å². The summed E-state index contributed by atoms with van der Waals surface area (Å²) in [6, 6.07) is 7.80. The van der Waals surface area contributed by atoms with E-state index in [0.29, 0.717) is 37.7 Å². The molecule has 0 spiro atoms. The van der Waals surface area contributed by atoms with Crippen LogP contribution in [0.5, 0.6) is 0 Å². The van der Waals surface area contributed by atoms with Crippen LogP contribution in [-0.4, -0.2) is 45.3 Å². The molecule has 2 N–H and O–H groups in total. The Labute approximate surface area is 146 Å². The maximum Gasteiger partial charge on any atom is 0.314 e. The molecule has 0 radical (unpaired) electrons. The first kappa shape index (κ1) is 16.3. The van der Waals surface area contributed by atoms with Gasteiger partial charge in [0.05, 0.1) is 11.6 Å². The van der Waals surface area contributed by atoms with E-state index in [1.54, 1.807) is 0 Å². The Kier molecular flexibility index (Phi) is 3.87. The van der Waals surface area contributed by atoms with Gasteiger partial charge in [-0.05, 0) is 37.8 Å². The summed E-state index contributed by atoms with van der Waals surface area (Å²) in [6.07, 6.45) is 2.31. The fourth-order valence-electron chi connectivity index (χ4n) is 4.01. The number of aliphatic carboxylic acids is 1. The first-order valence-electron chi connectivity index (χ1n) is 8.89. The van der Waals surface area contributed by atoms with E-state index < -0.39 is 17.5 Å². The first-order valence-corrected chi connectivity index (χ1v) is 8.89. The van der Waals surface area contributed by atoms with E-state index in [-0.39, 0.29) is 0 Å². The second-order valence-electron chi connectivity index (χ2n) is 7.45. The molecule has 2 aliphatic rings. The number of carboxylic acid groups (broad SMARTS) is 1. The van der Waals surface area contributed by atoms with Gasteiger partial charge in [-0.25, -0.2) is 9.97 Å². The number of hydrogen-bond acceptors (Lipinski definition) is 5. The van der Waals surface area contributed by atoms with E-state index in [0.717, 1.165) is 29.6 Å². The van der Waals surface area contributed by atoms with Crippen molar-refractivity contribution >= 4 is 22.7 Å². The van der Waals surface area contributed by atoms with E-state index >= 15 is 0 Å². The Bertz CT molecular complexity index is 821. The zero-order chi connectivity index (χ0) is 17.6. The van der Waals surface area contributed by atoms with Gasteiger partial charge in [0.1, 0.15) is 17.1 Å². The van der Waals surface area contributed by atoms with Crippen LogP contribution in [0, 0.1) is 18.3 Å². The number of anilines is 1. The number of aromatic nitrogens is 2. The third kappa shape index (κ3) is 2.84. The molecule has 132 valence electrons. The van der Waals surface area contributed by atoms with Crippen molar-refractivity contribution in [3.05, 3.63) is 30.1 Å². The van der Waals surface area contributed by atoms with Crippen LogP contribution >= 0.6 is 0 Å². The average molecular weight is 341 g/mol. The third-order valence-corrected chi connectivity index (χ3v) is 5.55. The predicted molar refractivity (Wildman–Crippen MR) is 94.5 cm³/mol. The number of para-hydroxylation sites is 1. The van der Waals surface area contributed by atoms with Gasteiger partial charge in [-0.3, -0.25) is 4.79 Å². The van der Waals surface area contributed by atoms with Crippen molar-refractivity contribution in [1.29, 1.82) is 0 Å². The molecule has 2 atom stereocenters. The lowest BCUT2D eigenvalue weighted by atomic mass is 9.73. The topological polar surface area (TPSA) is 86.5 Å². The normalized spacial score (nSPS) is 26.8. The van der Waals surface area contributed by atoms with Crippen molar-refractivity contribution in [3.63, 3.8) is 0 Å². The summed E-state index contributed by atoms with van der Waals surface area (Å²) >= 11 is 0. The number of rotatable bonds is 4. The van der Waals surface area contributed by atoms with E-state index in [4.69, 9.17) is 0 Å². The molecular formula is C19H23N3O3. The molecule has 2 heterocycles. The highest BCUT2D eigenvalue weighted by Crippen LogP contribution is 2.46. The molecule has 2 fully saturated rings. The number of aliphatic hydroxyl groups excluding tert-OH is 1. The molecule has 1 aromatic carbocycles. The molecule has 2 aromatic rings. The van der Waals surface area contributed by atoms with E-state index in [1.807, 2.05) is 36.1 Å². The number of nitrogens with zero attached hydrogens (tertiary/aromatic N) is 3. The molecule has 1 saturated heterocycles. The molecule has 4 rings (SSSR count). The van der Waals surface area contributed by atoms with Crippen LogP contribution < -0.4 is 4.90 Å².